The largest absolute Gasteiger partial charge is 0.467 e. The van der Waals surface area contributed by atoms with Crippen LogP contribution >= 0.6 is 0 Å². The summed E-state index contributed by atoms with van der Waals surface area (Å²) >= 11 is 0. The molecule has 0 spiro atoms. The number of methoxy groups -OCH3 is 1. The second-order valence-electron chi connectivity index (χ2n) is 9.36. The van der Waals surface area contributed by atoms with Gasteiger partial charge in [0.05, 0.1) is 30.1 Å². The Bertz CT molecular complexity index is 1300. The number of aliphatic imine (C=N–C) groups is 1. The molecule has 36 heavy (non-hydrogen) atoms. The van der Waals surface area contributed by atoms with Crippen LogP contribution in [0.3, 0.4) is 0 Å². The molecule has 1 aliphatic rings. The number of hydrogen-bond donors (Lipinski definition) is 0. The second kappa shape index (κ2) is 10.0. The first-order chi connectivity index (χ1) is 17.2. The van der Waals surface area contributed by atoms with Gasteiger partial charge in [-0.3, -0.25) is 9.89 Å². The highest BCUT2D eigenvalue weighted by Crippen LogP contribution is 2.44. The summed E-state index contributed by atoms with van der Waals surface area (Å²) in [6.45, 7) is 5.27. The van der Waals surface area contributed by atoms with Crippen LogP contribution in [-0.4, -0.2) is 36.5 Å². The van der Waals surface area contributed by atoms with Gasteiger partial charge in [-0.05, 0) is 39.0 Å². The molecule has 3 aromatic carbocycles. The number of carbonyl (C=O) groups excluding carboxylic acids is 2. The average molecular weight is 482 g/mol. The third kappa shape index (κ3) is 4.98. The number of rotatable bonds is 4. The molecule has 1 heterocycles. The molecule has 0 saturated heterocycles. The molecule has 4 rings (SSSR count). The Morgan fingerprint density at radius 3 is 2.03 bits per heavy atom. The summed E-state index contributed by atoms with van der Waals surface area (Å²) in [7, 11) is 1.27. The predicted octanol–water partition coefficient (Wildman–Crippen LogP) is 5.43. The molecule has 0 aromatic heterocycles. The van der Waals surface area contributed by atoms with Crippen LogP contribution < -0.4 is 4.90 Å². The highest BCUT2D eigenvalue weighted by atomic mass is 16.6. The molecule has 2 atom stereocenters. The first-order valence-electron chi connectivity index (χ1n) is 11.6. The Balaban J connectivity index is 1.96. The van der Waals surface area contributed by atoms with Crippen LogP contribution in [0.2, 0.25) is 0 Å². The fourth-order valence-corrected chi connectivity index (χ4v) is 4.21. The van der Waals surface area contributed by atoms with Gasteiger partial charge in [-0.25, -0.2) is 9.59 Å². The van der Waals surface area contributed by atoms with Crippen LogP contribution in [0, 0.1) is 11.3 Å². The SMILES string of the molecule is COC(=O)[C@H]1[C@H](N=C(c2ccccc2)c2ccccc2)c2cc(C#N)ccc2N1C(=O)OC(C)(C)C. The van der Waals surface area contributed by atoms with Gasteiger partial charge < -0.3 is 9.47 Å². The Kier molecular flexibility index (Phi) is 6.89. The molecule has 1 aliphatic heterocycles. The van der Waals surface area contributed by atoms with Crippen LogP contribution in [0.4, 0.5) is 10.5 Å². The smallest absolute Gasteiger partial charge is 0.415 e. The normalized spacial score (nSPS) is 16.5. The Morgan fingerprint density at radius 1 is 0.944 bits per heavy atom. The van der Waals surface area contributed by atoms with Gasteiger partial charge in [-0.1, -0.05) is 60.7 Å². The first-order valence-corrected chi connectivity index (χ1v) is 11.6. The maximum atomic E-state index is 13.4. The number of fused-ring (bicyclic) bond motifs is 1. The van der Waals surface area contributed by atoms with Crippen molar-refractivity contribution >= 4 is 23.5 Å². The van der Waals surface area contributed by atoms with Crippen molar-refractivity contribution in [3.8, 4) is 6.07 Å². The van der Waals surface area contributed by atoms with Crippen LogP contribution in [0.1, 0.15) is 49.1 Å². The highest BCUT2D eigenvalue weighted by Gasteiger charge is 2.48. The summed E-state index contributed by atoms with van der Waals surface area (Å²) < 4.78 is 10.8. The zero-order valence-corrected chi connectivity index (χ0v) is 20.6. The Morgan fingerprint density at radius 2 is 1.53 bits per heavy atom. The molecule has 7 nitrogen and oxygen atoms in total. The topological polar surface area (TPSA) is 92.0 Å². The molecule has 182 valence electrons. The summed E-state index contributed by atoms with van der Waals surface area (Å²) in [6, 6.07) is 24.3. The number of hydrogen-bond acceptors (Lipinski definition) is 6. The number of benzene rings is 3. The van der Waals surface area contributed by atoms with Crippen molar-refractivity contribution in [2.75, 3.05) is 12.0 Å². The monoisotopic (exact) mass is 481 g/mol. The molecule has 3 aromatic rings. The minimum atomic E-state index is -1.11. The number of anilines is 1. The minimum Gasteiger partial charge on any atom is -0.467 e. The van der Waals surface area contributed by atoms with Crippen LogP contribution in [0.15, 0.2) is 83.9 Å². The van der Waals surface area contributed by atoms with Crippen molar-refractivity contribution in [1.29, 1.82) is 5.26 Å². The third-order valence-electron chi connectivity index (χ3n) is 5.71. The van der Waals surface area contributed by atoms with Crippen molar-refractivity contribution in [1.82, 2.24) is 0 Å². The fourth-order valence-electron chi connectivity index (χ4n) is 4.21. The quantitative estimate of drug-likeness (QED) is 0.366. The fraction of sp³-hybridized carbons (Fsp3) is 0.241. The van der Waals surface area contributed by atoms with E-state index in [9.17, 15) is 14.9 Å². The standard InChI is InChI=1S/C29H27N3O4/c1-29(2,3)36-28(34)32-23-16-15-19(18-30)17-22(23)25(26(32)27(33)35-4)31-24(20-11-7-5-8-12-20)21-13-9-6-10-14-21/h5-17,25-26H,1-4H3/t25-,26-/m1/s1. The lowest BCUT2D eigenvalue weighted by atomic mass is 9.98. The van der Waals surface area contributed by atoms with Gasteiger partial charge in [0, 0.05) is 16.7 Å². The van der Waals surface area contributed by atoms with Crippen molar-refractivity contribution in [2.24, 2.45) is 4.99 Å². The van der Waals surface area contributed by atoms with Gasteiger partial charge in [0.1, 0.15) is 11.6 Å². The molecular weight excluding hydrogens is 454 g/mol. The number of carbonyl (C=O) groups is 2. The van der Waals surface area contributed by atoms with E-state index in [-0.39, 0.29) is 0 Å². The van der Waals surface area contributed by atoms with Gasteiger partial charge in [-0.2, -0.15) is 5.26 Å². The van der Waals surface area contributed by atoms with Gasteiger partial charge in [0.2, 0.25) is 0 Å². The van der Waals surface area contributed by atoms with Gasteiger partial charge >= 0.3 is 12.1 Å². The summed E-state index contributed by atoms with van der Waals surface area (Å²) in [4.78, 5) is 32.9. The van der Waals surface area contributed by atoms with Crippen molar-refractivity contribution < 1.29 is 19.1 Å². The Labute approximate surface area is 210 Å². The molecule has 0 bridgehead atoms. The van der Waals surface area contributed by atoms with Gasteiger partial charge in [0.25, 0.3) is 0 Å². The molecule has 0 radical (unpaired) electrons. The summed E-state index contributed by atoms with van der Waals surface area (Å²) in [5, 5.41) is 9.56. The van der Waals surface area contributed by atoms with Crippen molar-refractivity contribution in [3.63, 3.8) is 0 Å². The second-order valence-corrected chi connectivity index (χ2v) is 9.36. The average Bonchev–Trinajstić information content (AvgIpc) is 3.20. The van der Waals surface area contributed by atoms with Gasteiger partial charge in [-0.15, -0.1) is 0 Å². The maximum Gasteiger partial charge on any atom is 0.415 e. The third-order valence-corrected chi connectivity index (χ3v) is 5.71. The van der Waals surface area contributed by atoms with E-state index in [0.29, 0.717) is 22.5 Å². The lowest BCUT2D eigenvalue weighted by Crippen LogP contribution is -2.47. The van der Waals surface area contributed by atoms with E-state index in [1.807, 2.05) is 60.7 Å². The molecule has 0 aliphatic carbocycles. The van der Waals surface area contributed by atoms with E-state index in [1.54, 1.807) is 39.0 Å². The van der Waals surface area contributed by atoms with Crippen LogP contribution in [-0.2, 0) is 14.3 Å². The molecular formula is C29H27N3O4. The molecule has 7 heteroatoms. The van der Waals surface area contributed by atoms with E-state index >= 15 is 0 Å². The van der Waals surface area contributed by atoms with E-state index in [1.165, 1.54) is 12.0 Å². The van der Waals surface area contributed by atoms with Crippen LogP contribution in [0.25, 0.3) is 0 Å². The summed E-state index contributed by atoms with van der Waals surface area (Å²) in [6.07, 6.45) is -0.692. The predicted molar refractivity (Wildman–Crippen MR) is 137 cm³/mol. The zero-order chi connectivity index (χ0) is 25.9. The number of amides is 1. The van der Waals surface area contributed by atoms with E-state index < -0.39 is 29.7 Å². The number of nitrogens with zero attached hydrogens (tertiary/aromatic N) is 3. The van der Waals surface area contributed by atoms with Crippen molar-refractivity contribution in [3.05, 3.63) is 101 Å². The zero-order valence-electron chi connectivity index (χ0n) is 20.6. The maximum absolute atomic E-state index is 13.4. The Hall–Kier alpha value is -4.44. The number of ether oxygens (including phenoxy) is 2. The summed E-state index contributed by atoms with van der Waals surface area (Å²) in [5.74, 6) is -0.634. The minimum absolute atomic E-state index is 0.393. The molecule has 0 saturated carbocycles. The molecule has 0 unspecified atom stereocenters. The highest BCUT2D eigenvalue weighted by molar-refractivity contribution is 6.13. The number of nitriles is 1. The molecule has 0 N–H and O–H groups in total. The lowest BCUT2D eigenvalue weighted by molar-refractivity contribution is -0.142. The summed E-state index contributed by atoms with van der Waals surface area (Å²) in [5.41, 5.74) is 2.97. The molecule has 0 fully saturated rings. The lowest BCUT2D eigenvalue weighted by Gasteiger charge is -2.29. The first kappa shape index (κ1) is 24.7. The molecule has 1 amide bonds. The van der Waals surface area contributed by atoms with E-state index in [0.717, 1.165) is 11.1 Å². The van der Waals surface area contributed by atoms with Gasteiger partial charge in [0.15, 0.2) is 6.04 Å². The van der Waals surface area contributed by atoms with E-state index in [2.05, 4.69) is 6.07 Å². The van der Waals surface area contributed by atoms with Crippen molar-refractivity contribution in [2.45, 2.75) is 38.5 Å². The van der Waals surface area contributed by atoms with E-state index in [4.69, 9.17) is 14.5 Å². The number of esters is 1. The van der Waals surface area contributed by atoms with Crippen LogP contribution in [0.5, 0.6) is 0 Å².